The Morgan fingerprint density at radius 1 is 0.957 bits per heavy atom. The van der Waals surface area contributed by atoms with Crippen LogP contribution in [-0.4, -0.2) is 23.1 Å². The van der Waals surface area contributed by atoms with Gasteiger partial charge in [0.15, 0.2) is 0 Å². The highest BCUT2D eigenvalue weighted by Crippen LogP contribution is 2.15. The third kappa shape index (κ3) is 7.31. The number of rotatable bonds is 10. The van der Waals surface area contributed by atoms with Crippen molar-refractivity contribution in [2.45, 2.75) is 65.4 Å². The molecule has 1 unspecified atom stereocenters. The average Bonchev–Trinajstić information content (AvgIpc) is 2.50. The van der Waals surface area contributed by atoms with Crippen LogP contribution in [0, 0.1) is 5.92 Å². The highest BCUT2D eigenvalue weighted by molar-refractivity contribution is 6.02. The monoisotopic (exact) mass is 320 g/mol. The molecule has 1 N–H and O–H groups in total. The minimum absolute atomic E-state index is 0.0154. The van der Waals surface area contributed by atoms with E-state index >= 15 is 0 Å². The second-order valence-electron chi connectivity index (χ2n) is 6.45. The molecule has 0 radical (unpaired) electrons. The Balaban J connectivity index is 2.36. The number of ether oxygens (including phenoxy) is 1. The maximum absolute atomic E-state index is 12.1. The van der Waals surface area contributed by atoms with Crippen molar-refractivity contribution in [2.24, 2.45) is 5.92 Å². The number of carboxylic acids is 1. The summed E-state index contributed by atoms with van der Waals surface area (Å²) in [5.41, 5.74) is 0.0992. The highest BCUT2D eigenvalue weighted by atomic mass is 16.5. The lowest BCUT2D eigenvalue weighted by Gasteiger charge is -2.14. The van der Waals surface area contributed by atoms with Crippen molar-refractivity contribution in [3.8, 4) is 0 Å². The van der Waals surface area contributed by atoms with E-state index in [0.717, 1.165) is 25.2 Å². The summed E-state index contributed by atoms with van der Waals surface area (Å²) < 4.78 is 5.37. The van der Waals surface area contributed by atoms with Gasteiger partial charge in [0.25, 0.3) is 0 Å². The molecule has 0 aliphatic rings. The number of carboxylic acid groups (broad SMARTS) is 1. The van der Waals surface area contributed by atoms with Crippen molar-refractivity contribution in [1.82, 2.24) is 0 Å². The fraction of sp³-hybridized carbons (Fsp3) is 0.579. The number of carbonyl (C=O) groups excluding carboxylic acids is 1. The van der Waals surface area contributed by atoms with E-state index in [1.54, 1.807) is 12.1 Å². The molecule has 0 heterocycles. The van der Waals surface area contributed by atoms with Crippen LogP contribution in [0.25, 0.3) is 0 Å². The molecule has 0 amide bonds. The Labute approximate surface area is 138 Å². The number of esters is 1. The van der Waals surface area contributed by atoms with E-state index in [-0.39, 0.29) is 17.2 Å². The Bertz CT molecular complexity index is 508. The summed E-state index contributed by atoms with van der Waals surface area (Å²) in [5, 5.41) is 9.10. The van der Waals surface area contributed by atoms with E-state index < -0.39 is 11.9 Å². The van der Waals surface area contributed by atoms with Crippen LogP contribution in [0.2, 0.25) is 0 Å². The zero-order valence-electron chi connectivity index (χ0n) is 14.4. The van der Waals surface area contributed by atoms with Gasteiger partial charge in [-0.1, -0.05) is 51.7 Å². The molecule has 1 aromatic rings. The molecular formula is C19H28O4. The van der Waals surface area contributed by atoms with Gasteiger partial charge in [-0.3, -0.25) is 0 Å². The van der Waals surface area contributed by atoms with Crippen LogP contribution in [0.15, 0.2) is 24.3 Å². The predicted molar refractivity (Wildman–Crippen MR) is 90.8 cm³/mol. The fourth-order valence-electron chi connectivity index (χ4n) is 2.49. The fourth-order valence-corrected chi connectivity index (χ4v) is 2.49. The lowest BCUT2D eigenvalue weighted by atomic mass is 10.0. The van der Waals surface area contributed by atoms with Crippen LogP contribution in [0.1, 0.15) is 80.0 Å². The van der Waals surface area contributed by atoms with Gasteiger partial charge in [0.05, 0.1) is 17.2 Å². The van der Waals surface area contributed by atoms with Crippen molar-refractivity contribution in [3.63, 3.8) is 0 Å². The Hall–Kier alpha value is -1.84. The summed E-state index contributed by atoms with van der Waals surface area (Å²) in [7, 11) is 0. The van der Waals surface area contributed by atoms with Gasteiger partial charge in [-0.05, 0) is 37.8 Å². The van der Waals surface area contributed by atoms with E-state index in [4.69, 9.17) is 9.84 Å². The summed E-state index contributed by atoms with van der Waals surface area (Å²) in [4.78, 5) is 23.2. The van der Waals surface area contributed by atoms with Crippen molar-refractivity contribution in [2.75, 3.05) is 0 Å². The molecule has 0 spiro atoms. The van der Waals surface area contributed by atoms with Gasteiger partial charge in [-0.25, -0.2) is 9.59 Å². The molecule has 0 aliphatic heterocycles. The van der Waals surface area contributed by atoms with Crippen LogP contribution in [-0.2, 0) is 4.74 Å². The molecule has 0 fully saturated rings. The van der Waals surface area contributed by atoms with Gasteiger partial charge < -0.3 is 9.84 Å². The summed E-state index contributed by atoms with van der Waals surface area (Å²) in [6.45, 7) is 6.32. The third-order valence-electron chi connectivity index (χ3n) is 3.83. The van der Waals surface area contributed by atoms with Gasteiger partial charge in [0, 0.05) is 0 Å². The third-order valence-corrected chi connectivity index (χ3v) is 3.83. The first-order valence-electron chi connectivity index (χ1n) is 8.45. The number of hydrogen-bond acceptors (Lipinski definition) is 3. The topological polar surface area (TPSA) is 63.6 Å². The van der Waals surface area contributed by atoms with Crippen molar-refractivity contribution in [3.05, 3.63) is 35.4 Å². The summed E-state index contributed by atoms with van der Waals surface area (Å²) in [5.74, 6) is -0.921. The first-order valence-corrected chi connectivity index (χ1v) is 8.45. The van der Waals surface area contributed by atoms with Gasteiger partial charge in [0.1, 0.15) is 0 Å². The van der Waals surface area contributed by atoms with E-state index in [0.29, 0.717) is 0 Å². The van der Waals surface area contributed by atoms with Crippen LogP contribution in [0.4, 0.5) is 0 Å². The summed E-state index contributed by atoms with van der Waals surface area (Å²) in [6, 6.07) is 6.14. The molecule has 128 valence electrons. The zero-order valence-corrected chi connectivity index (χ0v) is 14.4. The van der Waals surface area contributed by atoms with Gasteiger partial charge in [-0.2, -0.15) is 0 Å². The van der Waals surface area contributed by atoms with Gasteiger partial charge in [-0.15, -0.1) is 0 Å². The summed E-state index contributed by atoms with van der Waals surface area (Å²) in [6.07, 6.45) is 6.49. The SMILES string of the molecule is CC(C)CCCCCCC(C)OC(=O)c1ccccc1C(=O)O. The normalized spacial score (nSPS) is 12.2. The second-order valence-corrected chi connectivity index (χ2v) is 6.45. The number of benzene rings is 1. The van der Waals surface area contributed by atoms with Crippen LogP contribution in [0.3, 0.4) is 0 Å². The molecule has 1 rings (SSSR count). The molecular weight excluding hydrogens is 292 g/mol. The van der Waals surface area contributed by atoms with Gasteiger partial charge in [0.2, 0.25) is 0 Å². The number of carbonyl (C=O) groups is 2. The van der Waals surface area contributed by atoms with E-state index in [2.05, 4.69) is 13.8 Å². The number of aromatic carboxylic acids is 1. The lowest BCUT2D eigenvalue weighted by Crippen LogP contribution is -2.17. The maximum Gasteiger partial charge on any atom is 0.339 e. The van der Waals surface area contributed by atoms with E-state index in [1.165, 1.54) is 31.4 Å². The Kier molecular flexibility index (Phi) is 8.38. The number of unbranched alkanes of at least 4 members (excludes halogenated alkanes) is 3. The van der Waals surface area contributed by atoms with Crippen LogP contribution in [0.5, 0.6) is 0 Å². The molecule has 0 aromatic heterocycles. The Morgan fingerprint density at radius 3 is 2.09 bits per heavy atom. The zero-order chi connectivity index (χ0) is 17.2. The molecule has 0 aliphatic carbocycles. The predicted octanol–water partition coefficient (Wildman–Crippen LogP) is 4.93. The van der Waals surface area contributed by atoms with Crippen LogP contribution >= 0.6 is 0 Å². The summed E-state index contributed by atoms with van der Waals surface area (Å²) >= 11 is 0. The molecule has 23 heavy (non-hydrogen) atoms. The molecule has 4 heteroatoms. The lowest BCUT2D eigenvalue weighted by molar-refractivity contribution is 0.0313. The second kappa shape index (κ2) is 10.0. The minimum atomic E-state index is -1.12. The van der Waals surface area contributed by atoms with E-state index in [1.807, 2.05) is 6.92 Å². The molecule has 1 atom stereocenters. The highest BCUT2D eigenvalue weighted by Gasteiger charge is 2.18. The standard InChI is InChI=1S/C19H28O4/c1-14(2)10-6-4-5-7-11-15(3)23-19(22)17-13-9-8-12-16(17)18(20)21/h8-9,12-15H,4-7,10-11H2,1-3H3,(H,20,21). The van der Waals surface area contributed by atoms with Gasteiger partial charge >= 0.3 is 11.9 Å². The smallest absolute Gasteiger partial charge is 0.339 e. The molecule has 4 nitrogen and oxygen atoms in total. The molecule has 1 aromatic carbocycles. The van der Waals surface area contributed by atoms with Crippen molar-refractivity contribution < 1.29 is 19.4 Å². The first-order chi connectivity index (χ1) is 10.9. The van der Waals surface area contributed by atoms with Crippen molar-refractivity contribution in [1.29, 1.82) is 0 Å². The molecule has 0 bridgehead atoms. The quantitative estimate of drug-likeness (QED) is 0.490. The van der Waals surface area contributed by atoms with E-state index in [9.17, 15) is 9.59 Å². The minimum Gasteiger partial charge on any atom is -0.478 e. The first kappa shape index (κ1) is 19.2. The Morgan fingerprint density at radius 2 is 1.52 bits per heavy atom. The average molecular weight is 320 g/mol. The maximum atomic E-state index is 12.1. The molecule has 0 saturated heterocycles. The van der Waals surface area contributed by atoms with Crippen molar-refractivity contribution >= 4 is 11.9 Å². The number of hydrogen-bond donors (Lipinski definition) is 1. The molecule has 0 saturated carbocycles. The largest absolute Gasteiger partial charge is 0.478 e. The van der Waals surface area contributed by atoms with Crippen LogP contribution < -0.4 is 0 Å².